The molecule has 21 heavy (non-hydrogen) atoms. The van der Waals surface area contributed by atoms with Crippen LogP contribution in [0.5, 0.6) is 0 Å². The first-order chi connectivity index (χ1) is 10.3. The lowest BCUT2D eigenvalue weighted by Gasteiger charge is -2.23. The van der Waals surface area contributed by atoms with Gasteiger partial charge in [-0.1, -0.05) is 24.5 Å². The molecule has 0 unspecified atom stereocenters. The number of aromatic nitrogens is 3. The summed E-state index contributed by atoms with van der Waals surface area (Å²) in [5.74, 6) is -0.624. The van der Waals surface area contributed by atoms with E-state index < -0.39 is 5.97 Å². The summed E-state index contributed by atoms with van der Waals surface area (Å²) in [4.78, 5) is 13.8. The van der Waals surface area contributed by atoms with Crippen molar-refractivity contribution in [2.24, 2.45) is 0 Å². The first-order valence-corrected chi connectivity index (χ1v) is 8.15. The molecule has 1 saturated heterocycles. The van der Waals surface area contributed by atoms with Gasteiger partial charge in [-0.05, 0) is 38.8 Å². The summed E-state index contributed by atoms with van der Waals surface area (Å²) in [5.41, 5.74) is 1.03. The molecule has 1 saturated carbocycles. The summed E-state index contributed by atoms with van der Waals surface area (Å²) in [7, 11) is 0. The lowest BCUT2D eigenvalue weighted by Crippen LogP contribution is -2.26. The van der Waals surface area contributed by atoms with Crippen molar-refractivity contribution in [1.82, 2.24) is 19.9 Å². The zero-order valence-corrected chi connectivity index (χ0v) is 12.5. The molecule has 1 aromatic rings. The molecule has 3 rings (SSSR count). The number of rotatable bonds is 5. The molecule has 0 radical (unpaired) electrons. The Morgan fingerprint density at radius 3 is 2.48 bits per heavy atom. The minimum atomic E-state index is -0.942. The molecule has 0 spiro atoms. The van der Waals surface area contributed by atoms with E-state index in [-0.39, 0.29) is 5.69 Å². The van der Waals surface area contributed by atoms with Crippen molar-refractivity contribution < 1.29 is 9.90 Å². The van der Waals surface area contributed by atoms with E-state index in [1.165, 1.54) is 32.1 Å². The van der Waals surface area contributed by atoms with Gasteiger partial charge in [0.2, 0.25) is 0 Å². The van der Waals surface area contributed by atoms with E-state index in [9.17, 15) is 9.90 Å². The molecule has 0 atom stereocenters. The van der Waals surface area contributed by atoms with Crippen molar-refractivity contribution in [2.45, 2.75) is 57.4 Å². The molecular weight excluding hydrogens is 268 g/mol. The van der Waals surface area contributed by atoms with E-state index in [0.717, 1.165) is 44.7 Å². The third-order valence-electron chi connectivity index (χ3n) is 4.79. The zero-order chi connectivity index (χ0) is 14.7. The van der Waals surface area contributed by atoms with E-state index in [4.69, 9.17) is 0 Å². The first kappa shape index (κ1) is 14.5. The van der Waals surface area contributed by atoms with Crippen molar-refractivity contribution in [3.05, 3.63) is 11.4 Å². The Morgan fingerprint density at radius 1 is 1.10 bits per heavy atom. The largest absolute Gasteiger partial charge is 0.476 e. The van der Waals surface area contributed by atoms with Crippen LogP contribution >= 0.6 is 0 Å². The van der Waals surface area contributed by atoms with Crippen LogP contribution in [-0.4, -0.2) is 50.6 Å². The lowest BCUT2D eigenvalue weighted by molar-refractivity contribution is 0.0688. The fourth-order valence-corrected chi connectivity index (χ4v) is 3.66. The van der Waals surface area contributed by atoms with Gasteiger partial charge in [0.1, 0.15) is 0 Å². The Kier molecular flexibility index (Phi) is 4.53. The number of likely N-dealkylation sites (tertiary alicyclic amines) is 1. The molecule has 2 fully saturated rings. The second kappa shape index (κ2) is 6.56. The van der Waals surface area contributed by atoms with Crippen LogP contribution in [0.3, 0.4) is 0 Å². The van der Waals surface area contributed by atoms with Gasteiger partial charge in [0.25, 0.3) is 0 Å². The second-order valence-corrected chi connectivity index (χ2v) is 6.24. The normalized spacial score (nSPS) is 21.0. The third kappa shape index (κ3) is 3.26. The fourth-order valence-electron chi connectivity index (χ4n) is 3.66. The van der Waals surface area contributed by atoms with Gasteiger partial charge in [-0.25, -0.2) is 9.48 Å². The number of carbonyl (C=O) groups is 1. The summed E-state index contributed by atoms with van der Waals surface area (Å²) in [6.07, 6.45) is 8.30. The van der Waals surface area contributed by atoms with E-state index in [1.807, 2.05) is 4.68 Å². The summed E-state index contributed by atoms with van der Waals surface area (Å²) in [6, 6.07) is 0. The standard InChI is InChI=1S/C15H24N4O2/c20-15(21)13-14(12-6-2-1-3-7-12)19(17-16-13)11-10-18-8-4-5-9-18/h12H,1-11H2,(H,20,21). The SMILES string of the molecule is O=C(O)c1nnn(CCN2CCCC2)c1C1CCCCC1. The summed E-state index contributed by atoms with van der Waals surface area (Å²) in [5, 5.41) is 17.4. The van der Waals surface area contributed by atoms with Crippen molar-refractivity contribution >= 4 is 5.97 Å². The van der Waals surface area contributed by atoms with E-state index in [0.29, 0.717) is 5.92 Å². The van der Waals surface area contributed by atoms with Gasteiger partial charge in [0, 0.05) is 12.5 Å². The lowest BCUT2D eigenvalue weighted by atomic mass is 9.86. The summed E-state index contributed by atoms with van der Waals surface area (Å²) in [6.45, 7) is 4.01. The number of aromatic carboxylic acids is 1. The van der Waals surface area contributed by atoms with Crippen LogP contribution in [0.25, 0.3) is 0 Å². The minimum absolute atomic E-state index is 0.170. The average molecular weight is 292 g/mol. The molecule has 2 heterocycles. The van der Waals surface area contributed by atoms with Crippen LogP contribution in [-0.2, 0) is 6.54 Å². The van der Waals surface area contributed by atoms with Crippen LogP contribution in [0.1, 0.15) is 67.0 Å². The van der Waals surface area contributed by atoms with Gasteiger partial charge in [0.05, 0.1) is 12.2 Å². The molecule has 1 N–H and O–H groups in total. The quantitative estimate of drug-likeness (QED) is 0.900. The van der Waals surface area contributed by atoms with Crippen LogP contribution in [0.15, 0.2) is 0 Å². The zero-order valence-electron chi connectivity index (χ0n) is 12.5. The maximum absolute atomic E-state index is 11.4. The molecule has 6 heteroatoms. The predicted molar refractivity (Wildman–Crippen MR) is 78.5 cm³/mol. The van der Waals surface area contributed by atoms with Gasteiger partial charge in [-0.3, -0.25) is 0 Å². The molecular formula is C15H24N4O2. The Balaban J connectivity index is 1.76. The van der Waals surface area contributed by atoms with E-state index in [1.54, 1.807) is 0 Å². The van der Waals surface area contributed by atoms with Crippen LogP contribution < -0.4 is 0 Å². The highest BCUT2D eigenvalue weighted by atomic mass is 16.4. The predicted octanol–water partition coefficient (Wildman–Crippen LogP) is 2.12. The highest BCUT2D eigenvalue weighted by Crippen LogP contribution is 2.33. The summed E-state index contributed by atoms with van der Waals surface area (Å²) >= 11 is 0. The van der Waals surface area contributed by atoms with E-state index >= 15 is 0 Å². The molecule has 1 aliphatic heterocycles. The van der Waals surface area contributed by atoms with Crippen molar-refractivity contribution in [3.8, 4) is 0 Å². The smallest absolute Gasteiger partial charge is 0.358 e. The Morgan fingerprint density at radius 2 is 1.81 bits per heavy atom. The van der Waals surface area contributed by atoms with E-state index in [2.05, 4.69) is 15.2 Å². The maximum atomic E-state index is 11.4. The van der Waals surface area contributed by atoms with Gasteiger partial charge in [-0.2, -0.15) is 0 Å². The van der Waals surface area contributed by atoms with Gasteiger partial charge in [-0.15, -0.1) is 5.10 Å². The molecule has 0 aromatic carbocycles. The molecule has 0 amide bonds. The van der Waals surface area contributed by atoms with Crippen molar-refractivity contribution in [1.29, 1.82) is 0 Å². The first-order valence-electron chi connectivity index (χ1n) is 8.15. The Labute approximate surface area is 125 Å². The average Bonchev–Trinajstić information content (AvgIpc) is 3.15. The number of nitrogens with zero attached hydrogens (tertiary/aromatic N) is 4. The molecule has 116 valence electrons. The Bertz CT molecular complexity index is 488. The minimum Gasteiger partial charge on any atom is -0.476 e. The number of hydrogen-bond donors (Lipinski definition) is 1. The van der Waals surface area contributed by atoms with Crippen LogP contribution in [0.4, 0.5) is 0 Å². The maximum Gasteiger partial charge on any atom is 0.358 e. The Hall–Kier alpha value is -1.43. The van der Waals surface area contributed by atoms with Gasteiger partial charge < -0.3 is 10.0 Å². The van der Waals surface area contributed by atoms with Gasteiger partial charge in [0.15, 0.2) is 5.69 Å². The van der Waals surface area contributed by atoms with Crippen molar-refractivity contribution in [2.75, 3.05) is 19.6 Å². The highest BCUT2D eigenvalue weighted by molar-refractivity contribution is 5.86. The molecule has 0 bridgehead atoms. The third-order valence-corrected chi connectivity index (χ3v) is 4.79. The van der Waals surface area contributed by atoms with Crippen LogP contribution in [0.2, 0.25) is 0 Å². The van der Waals surface area contributed by atoms with Crippen LogP contribution in [0, 0.1) is 0 Å². The monoisotopic (exact) mass is 292 g/mol. The van der Waals surface area contributed by atoms with Gasteiger partial charge >= 0.3 is 5.97 Å². The second-order valence-electron chi connectivity index (χ2n) is 6.24. The topological polar surface area (TPSA) is 71.2 Å². The summed E-state index contributed by atoms with van der Waals surface area (Å²) < 4.78 is 1.86. The number of carboxylic acids is 1. The number of hydrogen-bond acceptors (Lipinski definition) is 4. The molecule has 1 aliphatic carbocycles. The van der Waals surface area contributed by atoms with Crippen molar-refractivity contribution in [3.63, 3.8) is 0 Å². The number of carboxylic acid groups (broad SMARTS) is 1. The highest BCUT2D eigenvalue weighted by Gasteiger charge is 2.27. The molecule has 1 aromatic heterocycles. The fraction of sp³-hybridized carbons (Fsp3) is 0.800. The molecule has 6 nitrogen and oxygen atoms in total. The molecule has 2 aliphatic rings.